The van der Waals surface area contributed by atoms with Crippen molar-refractivity contribution in [3.05, 3.63) is 41.5 Å². The van der Waals surface area contributed by atoms with Gasteiger partial charge in [-0.15, -0.1) is 0 Å². The monoisotopic (exact) mass is 314 g/mol. The maximum absolute atomic E-state index is 6.24. The third-order valence-corrected chi connectivity index (χ3v) is 5.40. The molecule has 0 unspecified atom stereocenters. The summed E-state index contributed by atoms with van der Waals surface area (Å²) in [5.41, 5.74) is 3.96. The number of hydrogen-bond acceptors (Lipinski definition) is 3. The first-order valence-electron chi connectivity index (χ1n) is 8.61. The van der Waals surface area contributed by atoms with E-state index in [4.69, 9.17) is 4.74 Å². The van der Waals surface area contributed by atoms with Crippen LogP contribution in [0.1, 0.15) is 35.8 Å². The van der Waals surface area contributed by atoms with Crippen molar-refractivity contribution in [1.29, 1.82) is 0 Å². The Morgan fingerprint density at radius 1 is 1.22 bits per heavy atom. The molecule has 2 saturated heterocycles. The normalized spacial score (nSPS) is 28.2. The second kappa shape index (κ2) is 5.80. The van der Waals surface area contributed by atoms with Crippen LogP contribution < -0.4 is 0 Å². The molecule has 124 valence electrons. The average Bonchev–Trinajstić information content (AvgIpc) is 3.20. The summed E-state index contributed by atoms with van der Waals surface area (Å²) in [5.74, 6) is 0. The molecule has 0 amide bonds. The number of fused-ring (bicyclic) bond motifs is 1. The average molecular weight is 314 g/mol. The van der Waals surface area contributed by atoms with Crippen molar-refractivity contribution in [3.63, 3.8) is 0 Å². The maximum atomic E-state index is 6.24. The van der Waals surface area contributed by atoms with Crippen molar-refractivity contribution >= 4 is 0 Å². The number of aromatic nitrogens is 3. The van der Waals surface area contributed by atoms with E-state index >= 15 is 0 Å². The zero-order valence-electron chi connectivity index (χ0n) is 14.3. The van der Waals surface area contributed by atoms with Gasteiger partial charge in [-0.1, -0.05) is 0 Å². The number of rotatable bonds is 3. The summed E-state index contributed by atoms with van der Waals surface area (Å²) in [7, 11) is 1.98. The molecule has 2 aliphatic heterocycles. The molecule has 4 rings (SSSR count). The molecule has 2 aliphatic rings. The van der Waals surface area contributed by atoms with Crippen LogP contribution in [0, 0.1) is 13.8 Å². The summed E-state index contributed by atoms with van der Waals surface area (Å²) in [6.45, 7) is 7.33. The zero-order valence-corrected chi connectivity index (χ0v) is 14.3. The van der Waals surface area contributed by atoms with Crippen LogP contribution in [0.4, 0.5) is 0 Å². The number of hydrogen-bond donors (Lipinski definition) is 0. The quantitative estimate of drug-likeness (QED) is 0.873. The lowest BCUT2D eigenvalue weighted by Crippen LogP contribution is -2.40. The molecule has 0 radical (unpaired) electrons. The fourth-order valence-electron chi connectivity index (χ4n) is 4.43. The van der Waals surface area contributed by atoms with Crippen molar-refractivity contribution in [3.8, 4) is 0 Å². The summed E-state index contributed by atoms with van der Waals surface area (Å²) in [6.07, 6.45) is 6.82. The van der Waals surface area contributed by atoms with Crippen molar-refractivity contribution in [2.45, 2.75) is 51.4 Å². The summed E-state index contributed by atoms with van der Waals surface area (Å²) in [6, 6.07) is 5.38. The van der Waals surface area contributed by atoms with E-state index in [-0.39, 0.29) is 0 Å². The fourth-order valence-corrected chi connectivity index (χ4v) is 4.43. The lowest BCUT2D eigenvalue weighted by Gasteiger charge is -2.33. The van der Waals surface area contributed by atoms with Gasteiger partial charge in [-0.3, -0.25) is 9.58 Å². The van der Waals surface area contributed by atoms with Crippen LogP contribution in [0.25, 0.3) is 0 Å². The number of aryl methyl sites for hydroxylation is 3. The second-order valence-electron chi connectivity index (χ2n) is 7.05. The van der Waals surface area contributed by atoms with Gasteiger partial charge in [0.2, 0.25) is 0 Å². The maximum Gasteiger partial charge on any atom is 0.0949 e. The molecule has 0 bridgehead atoms. The van der Waals surface area contributed by atoms with Gasteiger partial charge in [-0.05, 0) is 38.8 Å². The minimum atomic E-state index is 0.310. The van der Waals surface area contributed by atoms with Gasteiger partial charge in [-0.25, -0.2) is 0 Å². The first kappa shape index (κ1) is 15.0. The van der Waals surface area contributed by atoms with Gasteiger partial charge in [-0.2, -0.15) is 5.10 Å². The minimum absolute atomic E-state index is 0.310. The van der Waals surface area contributed by atoms with Gasteiger partial charge in [0.1, 0.15) is 0 Å². The van der Waals surface area contributed by atoms with Crippen molar-refractivity contribution in [2.24, 2.45) is 7.05 Å². The largest absolute Gasteiger partial charge is 0.374 e. The van der Waals surface area contributed by atoms with Gasteiger partial charge in [0, 0.05) is 55.9 Å². The molecule has 5 nitrogen and oxygen atoms in total. The van der Waals surface area contributed by atoms with E-state index in [1.807, 2.05) is 17.9 Å². The first-order valence-corrected chi connectivity index (χ1v) is 8.61. The Bertz CT molecular complexity index is 670. The Kier molecular flexibility index (Phi) is 3.77. The van der Waals surface area contributed by atoms with Gasteiger partial charge in [0.25, 0.3) is 0 Å². The van der Waals surface area contributed by atoms with Gasteiger partial charge >= 0.3 is 0 Å². The molecule has 0 aromatic carbocycles. The Hall–Kier alpha value is -1.59. The molecular formula is C18H26N4O. The highest BCUT2D eigenvalue weighted by Gasteiger charge is 2.45. The van der Waals surface area contributed by atoms with Crippen molar-refractivity contribution in [2.75, 3.05) is 13.2 Å². The van der Waals surface area contributed by atoms with Crippen LogP contribution in [0.2, 0.25) is 0 Å². The lowest BCUT2D eigenvalue weighted by molar-refractivity contribution is -0.0270. The Labute approximate surface area is 137 Å². The highest BCUT2D eigenvalue weighted by atomic mass is 16.5. The third-order valence-electron chi connectivity index (χ3n) is 5.40. The van der Waals surface area contributed by atoms with Gasteiger partial charge in [0.15, 0.2) is 0 Å². The Morgan fingerprint density at radius 3 is 2.70 bits per heavy atom. The van der Waals surface area contributed by atoms with E-state index in [1.54, 1.807) is 0 Å². The fraction of sp³-hybridized carbons (Fsp3) is 0.611. The Morgan fingerprint density at radius 2 is 2.00 bits per heavy atom. The number of likely N-dealkylation sites (tertiary alicyclic amines) is 1. The van der Waals surface area contributed by atoms with Crippen molar-refractivity contribution in [1.82, 2.24) is 19.2 Å². The first-order chi connectivity index (χ1) is 11.1. The third kappa shape index (κ3) is 2.62. The highest BCUT2D eigenvalue weighted by molar-refractivity contribution is 5.18. The highest BCUT2D eigenvalue weighted by Crippen LogP contribution is 2.37. The van der Waals surface area contributed by atoms with E-state index in [2.05, 4.69) is 46.7 Å². The topological polar surface area (TPSA) is 35.2 Å². The number of nitrogens with zero attached hydrogens (tertiary/aromatic N) is 4. The molecule has 2 fully saturated rings. The van der Waals surface area contributed by atoms with Crippen molar-refractivity contribution < 1.29 is 4.74 Å². The molecule has 2 aromatic rings. The summed E-state index contributed by atoms with van der Waals surface area (Å²) < 4.78 is 10.6. The predicted molar refractivity (Wildman–Crippen MR) is 89.3 cm³/mol. The molecule has 3 atom stereocenters. The second-order valence-corrected chi connectivity index (χ2v) is 7.05. The standard InChI is InChI=1S/C18H26N4O/c1-13-6-7-14(2)22(13)17-12-21(11-15-9-19-20(3)10-15)16-5-4-8-23-18(16)17/h6-7,9-10,16-18H,4-5,8,11-12H2,1-3H3/t16-,17-,18+/m0/s1. The summed E-state index contributed by atoms with van der Waals surface area (Å²) in [5, 5.41) is 4.31. The van der Waals surface area contributed by atoms with E-state index in [1.165, 1.54) is 29.8 Å². The molecule has 0 aliphatic carbocycles. The SMILES string of the molecule is Cc1ccc(C)n1[C@H]1CN(Cc2cnn(C)c2)[C@H]2CCCO[C@H]21. The molecular weight excluding hydrogens is 288 g/mol. The van der Waals surface area contributed by atoms with Crippen LogP contribution in [0.5, 0.6) is 0 Å². The molecule has 0 N–H and O–H groups in total. The lowest BCUT2D eigenvalue weighted by atomic mass is 10.0. The van der Waals surface area contributed by atoms with Crippen LogP contribution in [0.3, 0.4) is 0 Å². The van der Waals surface area contributed by atoms with Crippen LogP contribution in [-0.2, 0) is 18.3 Å². The van der Waals surface area contributed by atoms with Crippen LogP contribution in [-0.4, -0.2) is 44.5 Å². The van der Waals surface area contributed by atoms with E-state index in [9.17, 15) is 0 Å². The van der Waals surface area contributed by atoms with Gasteiger partial charge in [0.05, 0.1) is 18.3 Å². The minimum Gasteiger partial charge on any atom is -0.374 e. The van der Waals surface area contributed by atoms with Gasteiger partial charge < -0.3 is 9.30 Å². The molecule has 0 spiro atoms. The molecule has 23 heavy (non-hydrogen) atoms. The van der Waals surface area contributed by atoms with E-state index < -0.39 is 0 Å². The van der Waals surface area contributed by atoms with Crippen LogP contribution >= 0.6 is 0 Å². The molecule has 2 aromatic heterocycles. The summed E-state index contributed by atoms with van der Waals surface area (Å²) in [4.78, 5) is 2.60. The molecule has 4 heterocycles. The van der Waals surface area contributed by atoms with E-state index in [0.717, 1.165) is 19.7 Å². The molecule has 0 saturated carbocycles. The predicted octanol–water partition coefficient (Wildman–Crippen LogP) is 2.44. The smallest absolute Gasteiger partial charge is 0.0949 e. The number of ether oxygens (including phenoxy) is 1. The van der Waals surface area contributed by atoms with Crippen LogP contribution in [0.15, 0.2) is 24.5 Å². The zero-order chi connectivity index (χ0) is 16.0. The Balaban J connectivity index is 1.61. The van der Waals surface area contributed by atoms with E-state index in [0.29, 0.717) is 18.2 Å². The summed E-state index contributed by atoms with van der Waals surface area (Å²) >= 11 is 0. The molecule has 5 heteroatoms.